The first-order valence-electron chi connectivity index (χ1n) is 10.9. The van der Waals surface area contributed by atoms with E-state index >= 15 is 0 Å². The molecule has 1 heterocycles. The summed E-state index contributed by atoms with van der Waals surface area (Å²) in [4.78, 5) is 27.8. The Kier molecular flexibility index (Phi) is 7.12. The molecule has 1 fully saturated rings. The third-order valence-electron chi connectivity index (χ3n) is 5.96. The van der Waals surface area contributed by atoms with Crippen molar-refractivity contribution in [2.24, 2.45) is 0 Å². The summed E-state index contributed by atoms with van der Waals surface area (Å²) in [5.74, 6) is 0.508. The molecule has 0 aromatic heterocycles. The van der Waals surface area contributed by atoms with Crippen molar-refractivity contribution in [3.63, 3.8) is 0 Å². The van der Waals surface area contributed by atoms with E-state index in [0.717, 1.165) is 0 Å². The van der Waals surface area contributed by atoms with Crippen molar-refractivity contribution >= 4 is 29.1 Å². The highest BCUT2D eigenvalue weighted by molar-refractivity contribution is 6.30. The maximum atomic E-state index is 13.4. The molecule has 1 aliphatic heterocycles. The molecule has 3 aromatic rings. The molecule has 2 N–H and O–H groups in total. The van der Waals surface area contributed by atoms with Crippen LogP contribution < -0.4 is 29.2 Å². The lowest BCUT2D eigenvalue weighted by Gasteiger charge is -2.47. The molecular weight excluding hydrogens is 488 g/mol. The summed E-state index contributed by atoms with van der Waals surface area (Å²) in [5, 5.41) is 13.7. The van der Waals surface area contributed by atoms with Gasteiger partial charge in [-0.25, -0.2) is 0 Å². The van der Waals surface area contributed by atoms with E-state index in [1.54, 1.807) is 48.5 Å². The van der Waals surface area contributed by atoms with Crippen LogP contribution in [0.15, 0.2) is 54.6 Å². The van der Waals surface area contributed by atoms with Crippen LogP contribution in [0.25, 0.3) is 0 Å². The minimum absolute atomic E-state index is 0.0954. The van der Waals surface area contributed by atoms with Crippen molar-refractivity contribution in [3.8, 4) is 28.7 Å². The van der Waals surface area contributed by atoms with Crippen LogP contribution in [0, 0.1) is 0 Å². The zero-order valence-electron chi connectivity index (χ0n) is 20.1. The maximum absolute atomic E-state index is 13.4. The Morgan fingerprint density at radius 2 is 1.50 bits per heavy atom. The molecule has 4 rings (SSSR count). The lowest BCUT2D eigenvalue weighted by atomic mass is 9.87. The Bertz CT molecular complexity index is 1270. The van der Waals surface area contributed by atoms with E-state index in [1.807, 2.05) is 0 Å². The van der Waals surface area contributed by atoms with Gasteiger partial charge in [0, 0.05) is 22.7 Å². The Balaban J connectivity index is 1.75. The largest absolute Gasteiger partial charge is 0.504 e. The topological polar surface area (TPSA) is 107 Å². The van der Waals surface area contributed by atoms with Crippen LogP contribution in [-0.2, 0) is 4.79 Å². The molecule has 0 aliphatic carbocycles. The first-order chi connectivity index (χ1) is 17.3. The number of rotatable bonds is 8. The fourth-order valence-electron chi connectivity index (χ4n) is 4.18. The fraction of sp³-hybridized carbons (Fsp3) is 0.231. The zero-order chi connectivity index (χ0) is 26.0. The molecule has 0 radical (unpaired) electrons. The molecule has 0 unspecified atom stereocenters. The smallest absolute Gasteiger partial charge is 0.252 e. The number of halogens is 1. The number of aromatic hydroxyl groups is 1. The second-order valence-corrected chi connectivity index (χ2v) is 8.36. The number of hydrogen-bond donors (Lipinski definition) is 2. The molecule has 9 nitrogen and oxygen atoms in total. The second kappa shape index (κ2) is 10.2. The Morgan fingerprint density at radius 1 is 0.889 bits per heavy atom. The van der Waals surface area contributed by atoms with Crippen molar-refractivity contribution in [1.82, 2.24) is 5.32 Å². The quantitative estimate of drug-likeness (QED) is 0.440. The van der Waals surface area contributed by atoms with Crippen molar-refractivity contribution in [2.75, 3.05) is 33.3 Å². The third-order valence-corrected chi connectivity index (χ3v) is 6.21. The molecule has 2 atom stereocenters. The van der Waals surface area contributed by atoms with E-state index in [1.165, 1.54) is 39.4 Å². The van der Waals surface area contributed by atoms with E-state index < -0.39 is 18.0 Å². The SMILES string of the molecule is COc1ccc([C@H]2[C@H](NC(=O)c3ccc(Cl)cc3)C(=O)N2c2cc(OC)c(OC)c(OC)c2)cc1O. The third kappa shape index (κ3) is 4.45. The van der Waals surface area contributed by atoms with Crippen LogP contribution in [0.3, 0.4) is 0 Å². The first kappa shape index (κ1) is 25.0. The van der Waals surface area contributed by atoms with Gasteiger partial charge in [0.05, 0.1) is 40.2 Å². The number of amides is 2. The highest BCUT2D eigenvalue weighted by atomic mass is 35.5. The van der Waals surface area contributed by atoms with Gasteiger partial charge in [0.25, 0.3) is 11.8 Å². The molecule has 1 aliphatic rings. The highest BCUT2D eigenvalue weighted by Gasteiger charge is 2.50. The van der Waals surface area contributed by atoms with E-state index in [0.29, 0.717) is 39.1 Å². The van der Waals surface area contributed by atoms with Gasteiger partial charge in [0.1, 0.15) is 6.04 Å². The predicted molar refractivity (Wildman–Crippen MR) is 134 cm³/mol. The van der Waals surface area contributed by atoms with Crippen LogP contribution in [0.5, 0.6) is 28.7 Å². The summed E-state index contributed by atoms with van der Waals surface area (Å²) < 4.78 is 21.4. The van der Waals surface area contributed by atoms with Crippen LogP contribution in [0.4, 0.5) is 5.69 Å². The number of nitrogens with one attached hydrogen (secondary N) is 1. The van der Waals surface area contributed by atoms with Gasteiger partial charge in [-0.1, -0.05) is 17.7 Å². The van der Waals surface area contributed by atoms with Gasteiger partial charge < -0.3 is 34.3 Å². The van der Waals surface area contributed by atoms with Gasteiger partial charge >= 0.3 is 0 Å². The zero-order valence-corrected chi connectivity index (χ0v) is 20.8. The number of anilines is 1. The summed E-state index contributed by atoms with van der Waals surface area (Å²) >= 11 is 5.93. The number of methoxy groups -OCH3 is 4. The average Bonchev–Trinajstić information content (AvgIpc) is 2.89. The number of hydrogen-bond acceptors (Lipinski definition) is 7. The second-order valence-electron chi connectivity index (χ2n) is 7.93. The van der Waals surface area contributed by atoms with Crippen molar-refractivity contribution in [3.05, 3.63) is 70.7 Å². The number of ether oxygens (including phenoxy) is 4. The van der Waals surface area contributed by atoms with Gasteiger partial charge in [-0.15, -0.1) is 0 Å². The van der Waals surface area contributed by atoms with Crippen molar-refractivity contribution in [1.29, 1.82) is 0 Å². The van der Waals surface area contributed by atoms with Gasteiger partial charge in [-0.3, -0.25) is 9.59 Å². The highest BCUT2D eigenvalue weighted by Crippen LogP contribution is 2.47. The van der Waals surface area contributed by atoms with Gasteiger partial charge in [0.2, 0.25) is 5.75 Å². The van der Waals surface area contributed by atoms with Crippen molar-refractivity contribution < 1.29 is 33.6 Å². The number of carbonyl (C=O) groups is 2. The number of phenols is 1. The lowest BCUT2D eigenvalue weighted by Crippen LogP contribution is -2.66. The molecule has 3 aromatic carbocycles. The van der Waals surface area contributed by atoms with Crippen LogP contribution >= 0.6 is 11.6 Å². The molecule has 2 amide bonds. The molecule has 0 spiro atoms. The standard InChI is InChI=1S/C26H25ClN2O7/c1-33-19-10-7-15(11-18(19)30)23-22(28-25(31)14-5-8-16(27)9-6-14)26(32)29(23)17-12-20(34-2)24(36-4)21(13-17)35-3/h5-13,22-23,30H,1-4H3,(H,28,31)/t22-,23-/m0/s1. The van der Waals surface area contributed by atoms with E-state index in [2.05, 4.69) is 5.32 Å². The van der Waals surface area contributed by atoms with Crippen molar-refractivity contribution in [2.45, 2.75) is 12.1 Å². The molecule has 36 heavy (non-hydrogen) atoms. The molecule has 188 valence electrons. The van der Waals surface area contributed by atoms with E-state index in [9.17, 15) is 14.7 Å². The van der Waals surface area contributed by atoms with Crippen LogP contribution in [0.2, 0.25) is 5.02 Å². The van der Waals surface area contributed by atoms with Crippen LogP contribution in [-0.4, -0.2) is 51.4 Å². The number of β-lactam (4-membered cyclic amide) rings is 1. The van der Waals surface area contributed by atoms with Gasteiger partial charge in [-0.05, 0) is 42.0 Å². The minimum Gasteiger partial charge on any atom is -0.504 e. The molecular formula is C26H25ClN2O7. The summed E-state index contributed by atoms with van der Waals surface area (Å²) in [6.45, 7) is 0. The normalized spacial score (nSPS) is 16.7. The molecule has 1 saturated heterocycles. The number of phenolic OH excluding ortho intramolecular Hbond substituents is 1. The molecule has 0 bridgehead atoms. The van der Waals surface area contributed by atoms with Crippen LogP contribution in [0.1, 0.15) is 22.0 Å². The Labute approximate surface area is 213 Å². The monoisotopic (exact) mass is 512 g/mol. The maximum Gasteiger partial charge on any atom is 0.252 e. The summed E-state index contributed by atoms with van der Waals surface area (Å²) in [5.41, 5.74) is 1.41. The summed E-state index contributed by atoms with van der Waals surface area (Å²) in [6, 6.07) is 12.9. The lowest BCUT2D eigenvalue weighted by molar-refractivity contribution is -0.127. The number of carbonyl (C=O) groups excluding carboxylic acids is 2. The summed E-state index contributed by atoms with van der Waals surface area (Å²) in [6.07, 6.45) is 0. The Hall–Kier alpha value is -4.11. The summed E-state index contributed by atoms with van der Waals surface area (Å²) in [7, 11) is 5.89. The van der Waals surface area contributed by atoms with Gasteiger partial charge in [-0.2, -0.15) is 0 Å². The average molecular weight is 513 g/mol. The predicted octanol–water partition coefficient (Wildman–Crippen LogP) is 3.97. The first-order valence-corrected chi connectivity index (χ1v) is 11.3. The van der Waals surface area contributed by atoms with E-state index in [-0.39, 0.29) is 17.4 Å². The minimum atomic E-state index is -0.903. The number of benzene rings is 3. The fourth-order valence-corrected chi connectivity index (χ4v) is 4.31. The number of nitrogens with zero attached hydrogens (tertiary/aromatic N) is 1. The van der Waals surface area contributed by atoms with Gasteiger partial charge in [0.15, 0.2) is 23.0 Å². The molecule has 10 heteroatoms. The molecule has 0 saturated carbocycles. The van der Waals surface area contributed by atoms with E-state index in [4.69, 9.17) is 30.5 Å². The Morgan fingerprint density at radius 3 is 2.03 bits per heavy atom.